The molecule has 3 N–H and O–H groups in total. The fraction of sp³-hybridized carbons (Fsp3) is 0.200. The van der Waals surface area contributed by atoms with Gasteiger partial charge in [0.2, 0.25) is 0 Å². The molecule has 0 spiro atoms. The van der Waals surface area contributed by atoms with E-state index in [1.807, 2.05) is 13.8 Å². The predicted octanol–water partition coefficient (Wildman–Crippen LogP) is 5.20. The van der Waals surface area contributed by atoms with Crippen molar-refractivity contribution in [1.82, 2.24) is 0 Å². The maximum atomic E-state index is 9.79. The molecule has 0 saturated heterocycles. The maximum Gasteiger partial charge on any atom is 0.164 e. The summed E-state index contributed by atoms with van der Waals surface area (Å²) in [5, 5.41) is 10.5. The highest BCUT2D eigenvalue weighted by Gasteiger charge is 2.12. The molecule has 0 atom stereocenters. The second kappa shape index (κ2) is 5.81. The number of aromatic hydroxyl groups is 1. The Labute approximate surface area is 127 Å². The summed E-state index contributed by atoms with van der Waals surface area (Å²) in [6, 6.07) is 8.16. The molecule has 0 saturated carbocycles. The van der Waals surface area contributed by atoms with Crippen molar-refractivity contribution in [2.75, 3.05) is 5.73 Å². The van der Waals surface area contributed by atoms with Crippen molar-refractivity contribution >= 4 is 28.9 Å². The minimum absolute atomic E-state index is 0.177. The average molecular weight is 312 g/mol. The number of hydrogen-bond donors (Lipinski definition) is 2. The number of anilines is 1. The van der Waals surface area contributed by atoms with E-state index in [2.05, 4.69) is 0 Å². The first kappa shape index (κ1) is 14.8. The van der Waals surface area contributed by atoms with Gasteiger partial charge in [0.25, 0.3) is 0 Å². The van der Waals surface area contributed by atoms with Gasteiger partial charge in [0.15, 0.2) is 5.75 Å². The van der Waals surface area contributed by atoms with Crippen LogP contribution in [-0.2, 0) is 0 Å². The largest absolute Gasteiger partial charge is 0.508 e. The molecule has 0 bridgehead atoms. The summed E-state index contributed by atoms with van der Waals surface area (Å²) in [7, 11) is 0. The molecule has 0 aliphatic carbocycles. The van der Waals surface area contributed by atoms with Crippen LogP contribution in [0, 0.1) is 0 Å². The number of phenols is 1. The fourth-order valence-corrected chi connectivity index (χ4v) is 2.43. The summed E-state index contributed by atoms with van der Waals surface area (Å²) in [5.41, 5.74) is 6.92. The number of nitrogens with two attached hydrogens (primary N) is 1. The zero-order chi connectivity index (χ0) is 14.9. The first-order chi connectivity index (χ1) is 9.38. The Bertz CT molecular complexity index is 619. The number of halogens is 2. The van der Waals surface area contributed by atoms with Gasteiger partial charge in [-0.25, -0.2) is 0 Å². The van der Waals surface area contributed by atoms with Crippen LogP contribution in [0.4, 0.5) is 5.69 Å². The second-order valence-corrected chi connectivity index (χ2v) is 5.61. The Morgan fingerprint density at radius 3 is 2.25 bits per heavy atom. The molecule has 3 nitrogen and oxygen atoms in total. The van der Waals surface area contributed by atoms with E-state index in [1.165, 1.54) is 0 Å². The molecule has 0 amide bonds. The van der Waals surface area contributed by atoms with Crippen molar-refractivity contribution in [1.29, 1.82) is 0 Å². The Morgan fingerprint density at radius 1 is 1.10 bits per heavy atom. The maximum absolute atomic E-state index is 9.79. The number of rotatable bonds is 3. The Hall–Kier alpha value is -1.58. The lowest BCUT2D eigenvalue weighted by molar-refractivity contribution is 0.455. The van der Waals surface area contributed by atoms with Crippen LogP contribution in [0.1, 0.15) is 25.3 Å². The highest BCUT2D eigenvalue weighted by Crippen LogP contribution is 2.39. The van der Waals surface area contributed by atoms with E-state index in [4.69, 9.17) is 33.7 Å². The first-order valence-electron chi connectivity index (χ1n) is 6.13. The van der Waals surface area contributed by atoms with E-state index in [0.717, 1.165) is 5.56 Å². The van der Waals surface area contributed by atoms with Gasteiger partial charge in [0, 0.05) is 11.3 Å². The van der Waals surface area contributed by atoms with E-state index < -0.39 is 0 Å². The SMILES string of the molecule is CC(C)c1cc(Oc2c(Cl)cc(N)cc2Cl)ccc1O. The van der Waals surface area contributed by atoms with Gasteiger partial charge in [0.1, 0.15) is 11.5 Å². The first-order valence-corrected chi connectivity index (χ1v) is 6.89. The quantitative estimate of drug-likeness (QED) is 0.766. The van der Waals surface area contributed by atoms with E-state index >= 15 is 0 Å². The van der Waals surface area contributed by atoms with E-state index in [-0.39, 0.29) is 11.7 Å². The topological polar surface area (TPSA) is 55.5 Å². The number of benzene rings is 2. The van der Waals surface area contributed by atoms with Gasteiger partial charge in [-0.05, 0) is 36.2 Å². The zero-order valence-electron chi connectivity index (χ0n) is 11.2. The monoisotopic (exact) mass is 311 g/mol. The Balaban J connectivity index is 2.38. The lowest BCUT2D eigenvalue weighted by Gasteiger charge is -2.13. The molecule has 2 aromatic rings. The second-order valence-electron chi connectivity index (χ2n) is 4.79. The summed E-state index contributed by atoms with van der Waals surface area (Å²) in [4.78, 5) is 0. The van der Waals surface area contributed by atoms with Gasteiger partial charge in [-0.2, -0.15) is 0 Å². The fourth-order valence-electron chi connectivity index (χ4n) is 1.85. The summed E-state index contributed by atoms with van der Waals surface area (Å²) in [6.45, 7) is 3.98. The van der Waals surface area contributed by atoms with Gasteiger partial charge in [-0.15, -0.1) is 0 Å². The summed E-state index contributed by atoms with van der Waals surface area (Å²) >= 11 is 12.2. The third-order valence-electron chi connectivity index (χ3n) is 2.86. The number of phenolic OH excluding ortho intramolecular Hbond substituents is 1. The number of nitrogen functional groups attached to an aromatic ring is 1. The Morgan fingerprint density at radius 2 is 1.70 bits per heavy atom. The molecule has 0 aliphatic heterocycles. The van der Waals surface area contributed by atoms with E-state index in [1.54, 1.807) is 30.3 Å². The van der Waals surface area contributed by atoms with Crippen LogP contribution in [0.25, 0.3) is 0 Å². The zero-order valence-corrected chi connectivity index (χ0v) is 12.7. The normalized spacial score (nSPS) is 10.8. The average Bonchev–Trinajstić information content (AvgIpc) is 2.35. The number of ether oxygens (including phenoxy) is 1. The van der Waals surface area contributed by atoms with Crippen LogP contribution in [0.2, 0.25) is 10.0 Å². The van der Waals surface area contributed by atoms with Crippen molar-refractivity contribution < 1.29 is 9.84 Å². The van der Waals surface area contributed by atoms with Crippen molar-refractivity contribution in [3.63, 3.8) is 0 Å². The molecular formula is C15H15Cl2NO2. The third-order valence-corrected chi connectivity index (χ3v) is 3.42. The molecule has 0 heterocycles. The van der Waals surface area contributed by atoms with Gasteiger partial charge in [-0.1, -0.05) is 37.0 Å². The minimum atomic E-state index is 0.177. The molecule has 2 aromatic carbocycles. The van der Waals surface area contributed by atoms with Gasteiger partial charge >= 0.3 is 0 Å². The van der Waals surface area contributed by atoms with Crippen LogP contribution in [0.5, 0.6) is 17.2 Å². The third kappa shape index (κ3) is 3.11. The van der Waals surface area contributed by atoms with Crippen molar-refractivity contribution in [2.45, 2.75) is 19.8 Å². The molecule has 5 heteroatoms. The molecule has 0 aromatic heterocycles. The standard InChI is InChI=1S/C15H15Cl2NO2/c1-8(2)11-7-10(3-4-14(11)19)20-15-12(16)5-9(18)6-13(15)17/h3-8,19H,18H2,1-2H3. The Kier molecular flexibility index (Phi) is 4.31. The van der Waals surface area contributed by atoms with E-state index in [0.29, 0.717) is 27.2 Å². The number of hydrogen-bond acceptors (Lipinski definition) is 3. The molecular weight excluding hydrogens is 297 g/mol. The van der Waals surface area contributed by atoms with Gasteiger partial charge < -0.3 is 15.6 Å². The highest BCUT2D eigenvalue weighted by molar-refractivity contribution is 6.37. The van der Waals surface area contributed by atoms with Crippen molar-refractivity contribution in [3.8, 4) is 17.2 Å². The summed E-state index contributed by atoms with van der Waals surface area (Å²) < 4.78 is 5.71. The molecule has 0 aliphatic rings. The van der Waals surface area contributed by atoms with Crippen LogP contribution in [-0.4, -0.2) is 5.11 Å². The molecule has 0 fully saturated rings. The lowest BCUT2D eigenvalue weighted by Crippen LogP contribution is -1.93. The van der Waals surface area contributed by atoms with Crippen LogP contribution >= 0.6 is 23.2 Å². The minimum Gasteiger partial charge on any atom is -0.508 e. The molecule has 20 heavy (non-hydrogen) atoms. The van der Waals surface area contributed by atoms with Crippen molar-refractivity contribution in [2.24, 2.45) is 0 Å². The van der Waals surface area contributed by atoms with Gasteiger partial charge in [-0.3, -0.25) is 0 Å². The molecule has 2 rings (SSSR count). The lowest BCUT2D eigenvalue weighted by atomic mass is 10.0. The molecule has 106 valence electrons. The molecule has 0 radical (unpaired) electrons. The predicted molar refractivity (Wildman–Crippen MR) is 83.1 cm³/mol. The van der Waals surface area contributed by atoms with Crippen LogP contribution in [0.15, 0.2) is 30.3 Å². The van der Waals surface area contributed by atoms with Crippen molar-refractivity contribution in [3.05, 3.63) is 45.9 Å². The summed E-state index contributed by atoms with van der Waals surface area (Å²) in [5.74, 6) is 1.32. The van der Waals surface area contributed by atoms with Gasteiger partial charge in [0.05, 0.1) is 10.0 Å². The van der Waals surface area contributed by atoms with E-state index in [9.17, 15) is 5.11 Å². The highest BCUT2D eigenvalue weighted by atomic mass is 35.5. The van der Waals surface area contributed by atoms with Crippen LogP contribution < -0.4 is 10.5 Å². The molecule has 0 unspecified atom stereocenters. The van der Waals surface area contributed by atoms with Crippen LogP contribution in [0.3, 0.4) is 0 Å². The smallest absolute Gasteiger partial charge is 0.164 e. The summed E-state index contributed by atoms with van der Waals surface area (Å²) in [6.07, 6.45) is 0.